The van der Waals surface area contributed by atoms with Crippen LogP contribution in [0, 0.1) is 0 Å². The number of aliphatic imine (C=N–C) groups is 1. The molecule has 0 radical (unpaired) electrons. The van der Waals surface area contributed by atoms with Gasteiger partial charge in [-0.25, -0.2) is 14.6 Å². The lowest BCUT2D eigenvalue weighted by Crippen LogP contribution is -2.40. The minimum atomic E-state index is -0.297. The van der Waals surface area contributed by atoms with Gasteiger partial charge in [0.15, 0.2) is 0 Å². The van der Waals surface area contributed by atoms with Gasteiger partial charge in [0.25, 0.3) is 0 Å². The maximum atomic E-state index is 13.1. The van der Waals surface area contributed by atoms with Crippen LogP contribution in [0.25, 0.3) is 16.8 Å². The summed E-state index contributed by atoms with van der Waals surface area (Å²) in [4.78, 5) is 43.0. The number of likely N-dealkylation sites (tertiary alicyclic amines) is 2. The van der Waals surface area contributed by atoms with E-state index in [1.807, 2.05) is 78.0 Å². The molecule has 10 rings (SSSR count). The van der Waals surface area contributed by atoms with Crippen molar-refractivity contribution in [1.29, 1.82) is 0 Å². The van der Waals surface area contributed by atoms with Crippen molar-refractivity contribution in [1.82, 2.24) is 19.8 Å². The molecule has 9 nitrogen and oxygen atoms in total. The molecule has 1 aromatic heterocycles. The molecule has 4 atom stereocenters. The number of carbonyl (C=O) groups is 2. The van der Waals surface area contributed by atoms with Crippen molar-refractivity contribution < 1.29 is 19.1 Å². The highest BCUT2D eigenvalue weighted by Gasteiger charge is 2.42. The molecule has 2 amide bonds. The maximum Gasteiger partial charge on any atom is 0.410 e. The topological polar surface area (TPSA) is 100 Å². The van der Waals surface area contributed by atoms with Crippen molar-refractivity contribution in [2.45, 2.75) is 75.7 Å². The quantitative estimate of drug-likeness (QED) is 0.172. The van der Waals surface area contributed by atoms with Gasteiger partial charge in [-0.15, -0.1) is 0 Å². The van der Waals surface area contributed by atoms with Gasteiger partial charge >= 0.3 is 12.2 Å². The van der Waals surface area contributed by atoms with Gasteiger partial charge < -0.3 is 14.5 Å². The highest BCUT2D eigenvalue weighted by molar-refractivity contribution is 6.03. The summed E-state index contributed by atoms with van der Waals surface area (Å²) in [5.41, 5.74) is 13.2. The van der Waals surface area contributed by atoms with Crippen LogP contribution < -0.4 is 0 Å². The van der Waals surface area contributed by atoms with Crippen LogP contribution in [-0.4, -0.2) is 56.8 Å². The van der Waals surface area contributed by atoms with E-state index in [0.717, 1.165) is 72.4 Å². The summed E-state index contributed by atoms with van der Waals surface area (Å²) in [6, 6.07) is 33.3. The number of hydrogen-bond acceptors (Lipinski definition) is 6. The largest absolute Gasteiger partial charge is 0.445 e. The summed E-state index contributed by atoms with van der Waals surface area (Å²) in [5.74, 6) is 1.55. The van der Waals surface area contributed by atoms with Crippen molar-refractivity contribution >= 4 is 23.5 Å². The summed E-state index contributed by atoms with van der Waals surface area (Å²) in [6.07, 6.45) is 8.83. The predicted molar refractivity (Wildman–Crippen MR) is 210 cm³/mol. The molecule has 0 saturated carbocycles. The third-order valence-corrected chi connectivity index (χ3v) is 12.3. The highest BCUT2D eigenvalue weighted by atomic mass is 16.6. The first-order chi connectivity index (χ1) is 27.1. The number of carbonyl (C=O) groups excluding carboxylic acids is 2. The van der Waals surface area contributed by atoms with Crippen molar-refractivity contribution in [3.8, 4) is 11.3 Å². The Hall–Kier alpha value is -5.96. The lowest BCUT2D eigenvalue weighted by atomic mass is 9.83. The van der Waals surface area contributed by atoms with Crippen LogP contribution in [0.4, 0.5) is 9.59 Å². The van der Waals surface area contributed by atoms with Gasteiger partial charge in [-0.05, 0) is 88.3 Å². The zero-order valence-corrected chi connectivity index (χ0v) is 30.7. The van der Waals surface area contributed by atoms with E-state index in [2.05, 4.69) is 41.4 Å². The number of allylic oxidation sites excluding steroid dienone is 1. The van der Waals surface area contributed by atoms with Gasteiger partial charge in [0, 0.05) is 43.3 Å². The fraction of sp³-hybridized carbons (Fsp3) is 0.304. The number of nitrogens with zero attached hydrogens (tertiary/aromatic N) is 4. The van der Waals surface area contributed by atoms with E-state index in [1.165, 1.54) is 33.4 Å². The molecular weight excluding hydrogens is 687 g/mol. The van der Waals surface area contributed by atoms with E-state index in [1.54, 1.807) is 4.90 Å². The van der Waals surface area contributed by atoms with E-state index in [0.29, 0.717) is 24.9 Å². The molecule has 2 fully saturated rings. The second-order valence-electron chi connectivity index (χ2n) is 15.4. The lowest BCUT2D eigenvalue weighted by molar-refractivity contribution is 0.0909. The predicted octanol–water partition coefficient (Wildman–Crippen LogP) is 9.52. The normalized spacial score (nSPS) is 22.0. The van der Waals surface area contributed by atoms with Crippen LogP contribution in [0.5, 0.6) is 0 Å². The van der Waals surface area contributed by atoms with E-state index in [9.17, 15) is 9.59 Å². The zero-order valence-electron chi connectivity index (χ0n) is 30.7. The molecule has 1 N–H and O–H groups in total. The highest BCUT2D eigenvalue weighted by Crippen LogP contribution is 2.57. The number of nitrogens with one attached hydrogen (secondary N) is 1. The summed E-state index contributed by atoms with van der Waals surface area (Å²) in [6.45, 7) is 1.89. The molecule has 276 valence electrons. The molecule has 55 heavy (non-hydrogen) atoms. The third kappa shape index (κ3) is 6.21. The Labute approximate surface area is 320 Å². The SMILES string of the molecule is O=C(OCc1ccccc1)N1CCC[C@H]1C1=NC=C(c2ccc3c(c2)C2CC3c3cc(-c4cnc([C@@H]5CCCN5C(=O)OCc5ccccc5)[nH]4)ccc32)C1. The van der Waals surface area contributed by atoms with Gasteiger partial charge in [0.05, 0.1) is 24.0 Å². The first kappa shape index (κ1) is 33.6. The number of amides is 2. The van der Waals surface area contributed by atoms with E-state index >= 15 is 0 Å². The number of benzene rings is 4. The summed E-state index contributed by atoms with van der Waals surface area (Å²) in [7, 11) is 0. The summed E-state index contributed by atoms with van der Waals surface area (Å²) in [5, 5.41) is 0. The summed E-state index contributed by atoms with van der Waals surface area (Å²) >= 11 is 0. The van der Waals surface area contributed by atoms with Crippen molar-refractivity contribution in [3.63, 3.8) is 0 Å². The average Bonchev–Trinajstić information content (AvgIpc) is 4.09. The number of H-pyrrole nitrogens is 1. The second-order valence-corrected chi connectivity index (χ2v) is 15.4. The van der Waals surface area contributed by atoms with Crippen molar-refractivity contribution in [2.75, 3.05) is 13.1 Å². The number of rotatable bonds is 8. The number of aromatic amines is 1. The minimum absolute atomic E-state index is 0.0203. The number of ether oxygens (including phenoxy) is 2. The van der Waals surface area contributed by atoms with Gasteiger partial charge in [0.2, 0.25) is 0 Å². The van der Waals surface area contributed by atoms with E-state index < -0.39 is 0 Å². The van der Waals surface area contributed by atoms with Crippen LogP contribution in [0.1, 0.15) is 101 Å². The van der Waals surface area contributed by atoms with Crippen molar-refractivity contribution in [2.24, 2.45) is 4.99 Å². The van der Waals surface area contributed by atoms with Crippen LogP contribution in [-0.2, 0) is 22.7 Å². The molecule has 0 spiro atoms. The Balaban J connectivity index is 0.794. The smallest absolute Gasteiger partial charge is 0.410 e. The fourth-order valence-corrected chi connectivity index (χ4v) is 9.52. The Morgan fingerprint density at radius 3 is 1.93 bits per heavy atom. The van der Waals surface area contributed by atoms with Gasteiger partial charge in [-0.2, -0.15) is 0 Å². The van der Waals surface area contributed by atoms with Gasteiger partial charge in [-0.1, -0.05) is 91.0 Å². The first-order valence-electron chi connectivity index (χ1n) is 19.6. The molecule has 2 saturated heterocycles. The lowest BCUT2D eigenvalue weighted by Gasteiger charge is -2.24. The second kappa shape index (κ2) is 14.0. The number of hydrogen-bond donors (Lipinski definition) is 1. The van der Waals surface area contributed by atoms with Gasteiger partial charge in [-0.3, -0.25) is 14.8 Å². The molecular formula is C46H43N5O4. The van der Waals surface area contributed by atoms with Crippen LogP contribution in [0.3, 0.4) is 0 Å². The van der Waals surface area contributed by atoms with Gasteiger partial charge in [0.1, 0.15) is 19.0 Å². The molecule has 2 unspecified atom stereocenters. The molecule has 5 aromatic rings. The molecule has 4 aromatic carbocycles. The third-order valence-electron chi connectivity index (χ3n) is 12.3. The molecule has 2 bridgehead atoms. The molecule has 9 heteroatoms. The number of imidazole rings is 1. The fourth-order valence-electron chi connectivity index (χ4n) is 9.52. The molecule has 4 heterocycles. The first-order valence-corrected chi connectivity index (χ1v) is 19.6. The minimum Gasteiger partial charge on any atom is -0.445 e. The average molecular weight is 730 g/mol. The standard InChI is InChI=1S/C46H43N5O4/c52-45(54-27-29-9-3-1-4-10-29)50-19-7-13-42(50)40-23-33(25-47-40)31-15-17-34-36(21-31)38-24-39(34)37-22-32(16-18-35(37)38)41-26-48-44(49-41)43-14-8-20-51(43)46(53)55-28-30-11-5-2-6-12-30/h1-6,9-12,15-18,21-22,25-26,38-39,42-43H,7-8,13-14,19-20,23-24,27-28H2,(H,48,49)/t38?,39?,42-,43-/m0/s1. The van der Waals surface area contributed by atoms with E-state index in [4.69, 9.17) is 19.5 Å². The van der Waals surface area contributed by atoms with Crippen molar-refractivity contribution in [3.05, 3.63) is 154 Å². The monoisotopic (exact) mass is 729 g/mol. The van der Waals surface area contributed by atoms with Crippen LogP contribution >= 0.6 is 0 Å². The van der Waals surface area contributed by atoms with E-state index in [-0.39, 0.29) is 37.5 Å². The number of fused-ring (bicyclic) bond motifs is 8. The van der Waals surface area contributed by atoms with Crippen LogP contribution in [0.2, 0.25) is 0 Å². The Morgan fingerprint density at radius 2 is 1.27 bits per heavy atom. The van der Waals surface area contributed by atoms with Crippen LogP contribution in [0.15, 0.2) is 114 Å². The molecule has 2 aliphatic carbocycles. The maximum absolute atomic E-state index is 13.1. The molecule has 3 aliphatic heterocycles. The number of aromatic nitrogens is 2. The summed E-state index contributed by atoms with van der Waals surface area (Å²) < 4.78 is 11.4. The Kier molecular flexibility index (Phi) is 8.57. The zero-order chi connectivity index (χ0) is 36.9. The molecule has 5 aliphatic rings. The Morgan fingerprint density at radius 1 is 0.691 bits per heavy atom. The Bertz CT molecular complexity index is 2330.